The van der Waals surface area contributed by atoms with Gasteiger partial charge in [-0.05, 0) is 43.0 Å². The van der Waals surface area contributed by atoms with Crippen LogP contribution in [0.5, 0.6) is 0 Å². The molecule has 2 aliphatic rings. The number of rotatable bonds is 6. The van der Waals surface area contributed by atoms with Crippen LogP contribution in [0.25, 0.3) is 0 Å². The Morgan fingerprint density at radius 2 is 1.96 bits per heavy atom. The first-order chi connectivity index (χ1) is 13.4. The Bertz CT molecular complexity index is 732. The normalized spacial score (nSPS) is 22.1. The molecule has 3 rings (SSSR count). The second-order valence-corrected chi connectivity index (χ2v) is 11.2. The van der Waals surface area contributed by atoms with Gasteiger partial charge < -0.3 is 10.6 Å². The van der Waals surface area contributed by atoms with Gasteiger partial charge in [0.2, 0.25) is 10.0 Å². The minimum absolute atomic E-state index is 0.227. The van der Waals surface area contributed by atoms with Crippen molar-refractivity contribution in [1.29, 1.82) is 0 Å². The highest BCUT2D eigenvalue weighted by Crippen LogP contribution is 2.41. The van der Waals surface area contributed by atoms with Gasteiger partial charge in [0.1, 0.15) is 0 Å². The van der Waals surface area contributed by atoms with Crippen molar-refractivity contribution >= 4 is 27.3 Å². The molecule has 6 nitrogen and oxygen atoms in total. The van der Waals surface area contributed by atoms with Crippen LogP contribution in [-0.2, 0) is 15.4 Å². The van der Waals surface area contributed by atoms with E-state index in [1.807, 2.05) is 18.4 Å². The molecule has 1 saturated carbocycles. The minimum Gasteiger partial charge on any atom is -0.356 e. The smallest absolute Gasteiger partial charge is 0.211 e. The lowest BCUT2D eigenvalue weighted by molar-refractivity contribution is 0.273. The van der Waals surface area contributed by atoms with Gasteiger partial charge in [0.25, 0.3) is 0 Å². The molecule has 2 fully saturated rings. The average molecular weight is 427 g/mol. The molecule has 1 saturated heterocycles. The van der Waals surface area contributed by atoms with Crippen LogP contribution >= 0.6 is 11.3 Å². The second-order valence-electron chi connectivity index (χ2n) is 8.23. The molecule has 1 aliphatic carbocycles. The van der Waals surface area contributed by atoms with Crippen molar-refractivity contribution in [2.75, 3.05) is 39.5 Å². The molecule has 1 aliphatic heterocycles. The number of piperidine rings is 1. The van der Waals surface area contributed by atoms with Crippen LogP contribution in [-0.4, -0.2) is 58.2 Å². The lowest BCUT2D eigenvalue weighted by atomic mass is 9.73. The van der Waals surface area contributed by atoms with E-state index in [1.165, 1.54) is 43.2 Å². The summed E-state index contributed by atoms with van der Waals surface area (Å²) >= 11 is 1.87. The van der Waals surface area contributed by atoms with E-state index in [0.29, 0.717) is 19.0 Å². The van der Waals surface area contributed by atoms with E-state index < -0.39 is 10.0 Å². The number of hydrogen-bond acceptors (Lipinski definition) is 4. The van der Waals surface area contributed by atoms with Gasteiger partial charge in [-0.15, -0.1) is 11.3 Å². The summed E-state index contributed by atoms with van der Waals surface area (Å²) in [5.74, 6) is 1.34. The number of thiophene rings is 1. The zero-order valence-electron chi connectivity index (χ0n) is 17.1. The molecule has 8 heteroatoms. The van der Waals surface area contributed by atoms with Gasteiger partial charge in [-0.1, -0.05) is 25.3 Å². The summed E-state index contributed by atoms with van der Waals surface area (Å²) in [6.07, 6.45) is 9.50. The zero-order chi connectivity index (χ0) is 20.0. The van der Waals surface area contributed by atoms with Gasteiger partial charge in [0.15, 0.2) is 5.96 Å². The predicted molar refractivity (Wildman–Crippen MR) is 118 cm³/mol. The van der Waals surface area contributed by atoms with Crippen molar-refractivity contribution in [1.82, 2.24) is 14.9 Å². The first kappa shape index (κ1) is 21.6. The van der Waals surface area contributed by atoms with E-state index in [-0.39, 0.29) is 5.41 Å². The van der Waals surface area contributed by atoms with E-state index in [0.717, 1.165) is 31.9 Å². The van der Waals surface area contributed by atoms with E-state index in [4.69, 9.17) is 0 Å². The topological polar surface area (TPSA) is 73.8 Å². The number of nitrogens with one attached hydrogen (secondary N) is 2. The van der Waals surface area contributed by atoms with Crippen LogP contribution < -0.4 is 10.6 Å². The summed E-state index contributed by atoms with van der Waals surface area (Å²) < 4.78 is 24.9. The van der Waals surface area contributed by atoms with Crippen LogP contribution in [0.1, 0.15) is 49.8 Å². The zero-order valence-corrected chi connectivity index (χ0v) is 18.7. The molecule has 1 aromatic heterocycles. The Kier molecular flexibility index (Phi) is 7.39. The molecule has 0 atom stereocenters. The maximum atomic E-state index is 11.7. The van der Waals surface area contributed by atoms with E-state index >= 15 is 0 Å². The SMILES string of the molecule is CN=C(NCC1CCN(S(C)(=O)=O)CC1)NCC1(c2cccs2)CCCCC1. The van der Waals surface area contributed by atoms with Crippen molar-refractivity contribution in [2.24, 2.45) is 10.9 Å². The van der Waals surface area contributed by atoms with Crippen LogP contribution in [0.15, 0.2) is 22.5 Å². The maximum Gasteiger partial charge on any atom is 0.211 e. The number of hydrogen-bond donors (Lipinski definition) is 2. The van der Waals surface area contributed by atoms with E-state index in [1.54, 1.807) is 4.31 Å². The van der Waals surface area contributed by atoms with Gasteiger partial charge >= 0.3 is 0 Å². The third kappa shape index (κ3) is 5.48. The van der Waals surface area contributed by atoms with Gasteiger partial charge in [-0.2, -0.15) is 0 Å². The largest absolute Gasteiger partial charge is 0.356 e. The first-order valence-corrected chi connectivity index (χ1v) is 13.1. The highest BCUT2D eigenvalue weighted by molar-refractivity contribution is 7.88. The van der Waals surface area contributed by atoms with Crippen molar-refractivity contribution in [2.45, 2.75) is 50.4 Å². The Balaban J connectivity index is 1.49. The molecule has 158 valence electrons. The van der Waals surface area contributed by atoms with E-state index in [2.05, 4.69) is 33.1 Å². The fourth-order valence-electron chi connectivity index (χ4n) is 4.48. The van der Waals surface area contributed by atoms with Crippen molar-refractivity contribution < 1.29 is 8.42 Å². The quantitative estimate of drug-likeness (QED) is 0.542. The standard InChI is InChI=1S/C20H34N4O2S2/c1-21-19(22-15-17-8-12-24(13-9-17)28(2,25)26)23-16-20(10-4-3-5-11-20)18-7-6-14-27-18/h6-7,14,17H,3-5,8-13,15-16H2,1-2H3,(H2,21,22,23). The van der Waals surface area contributed by atoms with Crippen LogP contribution in [0.2, 0.25) is 0 Å². The fourth-order valence-corrected chi connectivity index (χ4v) is 6.34. The van der Waals surface area contributed by atoms with Crippen molar-refractivity contribution in [3.8, 4) is 0 Å². The van der Waals surface area contributed by atoms with Crippen LogP contribution in [0, 0.1) is 5.92 Å². The molecule has 28 heavy (non-hydrogen) atoms. The summed E-state index contributed by atoms with van der Waals surface area (Å²) in [6.45, 7) is 3.00. The Hall–Kier alpha value is -1.12. The molecule has 1 aromatic rings. The number of sulfonamides is 1. The molecule has 0 unspecified atom stereocenters. The van der Waals surface area contributed by atoms with Crippen molar-refractivity contribution in [3.05, 3.63) is 22.4 Å². The molecule has 2 heterocycles. The highest BCUT2D eigenvalue weighted by Gasteiger charge is 2.35. The summed E-state index contributed by atoms with van der Waals surface area (Å²) in [7, 11) is -1.24. The second kappa shape index (κ2) is 9.59. The summed E-state index contributed by atoms with van der Waals surface area (Å²) in [6, 6.07) is 4.44. The van der Waals surface area contributed by atoms with Crippen LogP contribution in [0.3, 0.4) is 0 Å². The molecule has 0 amide bonds. The lowest BCUT2D eigenvalue weighted by Crippen LogP contribution is -2.48. The third-order valence-electron chi connectivity index (χ3n) is 6.27. The Labute approximate surface area is 173 Å². The number of guanidine groups is 1. The van der Waals surface area contributed by atoms with Crippen LogP contribution in [0.4, 0.5) is 0 Å². The van der Waals surface area contributed by atoms with Crippen molar-refractivity contribution in [3.63, 3.8) is 0 Å². The molecule has 0 bridgehead atoms. The average Bonchev–Trinajstić information content (AvgIpc) is 3.24. The minimum atomic E-state index is -3.06. The van der Waals surface area contributed by atoms with Gasteiger partial charge in [0.05, 0.1) is 6.26 Å². The highest BCUT2D eigenvalue weighted by atomic mass is 32.2. The molecule has 0 aromatic carbocycles. The molecule has 0 radical (unpaired) electrons. The van der Waals surface area contributed by atoms with Gasteiger partial charge in [0, 0.05) is 43.5 Å². The third-order valence-corrected chi connectivity index (χ3v) is 8.69. The van der Waals surface area contributed by atoms with Gasteiger partial charge in [-0.25, -0.2) is 12.7 Å². The molecule has 0 spiro atoms. The predicted octanol–water partition coefficient (Wildman–Crippen LogP) is 2.79. The maximum absolute atomic E-state index is 11.7. The summed E-state index contributed by atoms with van der Waals surface area (Å²) in [5, 5.41) is 9.23. The molecular weight excluding hydrogens is 392 g/mol. The fraction of sp³-hybridized carbons (Fsp3) is 0.750. The molecular formula is C20H34N4O2S2. The Morgan fingerprint density at radius 3 is 2.54 bits per heavy atom. The Morgan fingerprint density at radius 1 is 1.25 bits per heavy atom. The number of aliphatic imine (C=N–C) groups is 1. The van der Waals surface area contributed by atoms with E-state index in [9.17, 15) is 8.42 Å². The summed E-state index contributed by atoms with van der Waals surface area (Å²) in [5.41, 5.74) is 0.227. The summed E-state index contributed by atoms with van der Waals surface area (Å²) in [4.78, 5) is 5.90. The monoisotopic (exact) mass is 426 g/mol. The first-order valence-electron chi connectivity index (χ1n) is 10.4. The lowest BCUT2D eigenvalue weighted by Gasteiger charge is -2.37. The van der Waals surface area contributed by atoms with Gasteiger partial charge in [-0.3, -0.25) is 4.99 Å². The number of nitrogens with zero attached hydrogens (tertiary/aromatic N) is 2. The molecule has 2 N–H and O–H groups in total.